The van der Waals surface area contributed by atoms with Gasteiger partial charge in [0.25, 0.3) is 0 Å². The third kappa shape index (κ3) is 4.70. The lowest BCUT2D eigenvalue weighted by Crippen LogP contribution is -2.09. The van der Waals surface area contributed by atoms with E-state index < -0.39 is 0 Å². The summed E-state index contributed by atoms with van der Waals surface area (Å²) < 4.78 is 7.03. The number of nitrogens with one attached hydrogen (secondary N) is 1. The number of furan rings is 1. The van der Waals surface area contributed by atoms with Crippen LogP contribution in [0.15, 0.2) is 59.2 Å². The first-order valence-corrected chi connectivity index (χ1v) is 8.25. The Bertz CT molecular complexity index is 972. The minimum atomic E-state index is -0.299. The van der Waals surface area contributed by atoms with Gasteiger partial charge in [0.05, 0.1) is 6.54 Å². The van der Waals surface area contributed by atoms with E-state index in [1.807, 2.05) is 12.1 Å². The number of benzene rings is 1. The number of halogens is 1. The number of carbonyl (C=O) groups excluding carboxylic acids is 2. The molecule has 0 radical (unpaired) electrons. The summed E-state index contributed by atoms with van der Waals surface area (Å²) in [5.41, 5.74) is 0.831. The topological polar surface area (TPSA) is 77.1 Å². The number of aromatic nitrogens is 2. The summed E-state index contributed by atoms with van der Waals surface area (Å²) in [5.74, 6) is 0.913. The SMILES string of the molecule is CC(=O)c1ccc(Cn2ccc(NC(=O)/C=C\c3cccc(Cl)c3)n2)o1. The van der Waals surface area contributed by atoms with E-state index in [9.17, 15) is 9.59 Å². The van der Waals surface area contributed by atoms with Crippen molar-refractivity contribution < 1.29 is 14.0 Å². The number of hydrogen-bond acceptors (Lipinski definition) is 4. The molecule has 132 valence electrons. The van der Waals surface area contributed by atoms with Crippen LogP contribution in [0.4, 0.5) is 5.82 Å². The maximum Gasteiger partial charge on any atom is 0.249 e. The van der Waals surface area contributed by atoms with Gasteiger partial charge >= 0.3 is 0 Å². The predicted molar refractivity (Wildman–Crippen MR) is 99.2 cm³/mol. The van der Waals surface area contributed by atoms with Crippen molar-refractivity contribution in [1.82, 2.24) is 9.78 Å². The van der Waals surface area contributed by atoms with Gasteiger partial charge in [0.2, 0.25) is 5.91 Å². The molecule has 0 aliphatic heterocycles. The summed E-state index contributed by atoms with van der Waals surface area (Å²) in [7, 11) is 0. The number of carbonyl (C=O) groups is 2. The van der Waals surface area contributed by atoms with Crippen LogP contribution in [-0.4, -0.2) is 21.5 Å². The monoisotopic (exact) mass is 369 g/mol. The molecule has 0 fully saturated rings. The van der Waals surface area contributed by atoms with E-state index in [4.69, 9.17) is 16.0 Å². The Morgan fingerprint density at radius 3 is 2.85 bits per heavy atom. The molecule has 0 aliphatic rings. The van der Waals surface area contributed by atoms with Gasteiger partial charge in [-0.05, 0) is 35.9 Å². The van der Waals surface area contributed by atoms with E-state index in [-0.39, 0.29) is 11.7 Å². The molecular formula is C19H16ClN3O3. The fourth-order valence-electron chi connectivity index (χ4n) is 2.28. The number of amides is 1. The van der Waals surface area contributed by atoms with Gasteiger partial charge in [-0.25, -0.2) is 0 Å². The lowest BCUT2D eigenvalue weighted by Gasteiger charge is -1.99. The second kappa shape index (κ2) is 7.84. The van der Waals surface area contributed by atoms with Crippen LogP contribution in [0.5, 0.6) is 0 Å². The Morgan fingerprint density at radius 2 is 2.12 bits per heavy atom. The highest BCUT2D eigenvalue weighted by Crippen LogP contribution is 2.13. The van der Waals surface area contributed by atoms with Crippen LogP contribution >= 0.6 is 11.6 Å². The Labute approximate surface area is 155 Å². The molecule has 0 saturated carbocycles. The largest absolute Gasteiger partial charge is 0.456 e. The molecule has 0 spiro atoms. The van der Waals surface area contributed by atoms with Crippen molar-refractivity contribution in [2.24, 2.45) is 0 Å². The fraction of sp³-hybridized carbons (Fsp3) is 0.105. The van der Waals surface area contributed by atoms with E-state index in [0.717, 1.165) is 5.56 Å². The Hall–Kier alpha value is -3.12. The van der Waals surface area contributed by atoms with Gasteiger partial charge in [0, 0.05) is 30.3 Å². The molecule has 0 aliphatic carbocycles. The highest BCUT2D eigenvalue weighted by molar-refractivity contribution is 6.30. The van der Waals surface area contributed by atoms with Crippen LogP contribution in [-0.2, 0) is 11.3 Å². The maximum absolute atomic E-state index is 12.0. The number of anilines is 1. The first-order valence-electron chi connectivity index (χ1n) is 7.87. The highest BCUT2D eigenvalue weighted by Gasteiger charge is 2.08. The predicted octanol–water partition coefficient (Wildman–Crippen LogP) is 4.03. The second-order valence-corrected chi connectivity index (χ2v) is 6.03. The Balaban J connectivity index is 1.59. The molecule has 0 saturated heterocycles. The standard InChI is InChI=1S/C19H16ClN3O3/c1-13(24)17-7-6-16(26-17)12-23-10-9-18(22-23)21-19(25)8-5-14-3-2-4-15(20)11-14/h2-11H,12H2,1H3,(H,21,22,25)/b8-5-. The number of hydrogen-bond donors (Lipinski definition) is 1. The quantitative estimate of drug-likeness (QED) is 0.525. The zero-order valence-electron chi connectivity index (χ0n) is 14.0. The Kier molecular flexibility index (Phi) is 5.34. The van der Waals surface area contributed by atoms with E-state index in [2.05, 4.69) is 10.4 Å². The van der Waals surface area contributed by atoms with Gasteiger partial charge in [-0.3, -0.25) is 14.3 Å². The average molecular weight is 370 g/mol. The molecule has 3 aromatic rings. The van der Waals surface area contributed by atoms with Gasteiger partial charge in [-0.2, -0.15) is 5.10 Å². The summed E-state index contributed by atoms with van der Waals surface area (Å²) in [6, 6.07) is 12.2. The summed E-state index contributed by atoms with van der Waals surface area (Å²) in [6.07, 6.45) is 4.80. The first kappa shape index (κ1) is 17.7. The molecule has 0 unspecified atom stereocenters. The zero-order valence-corrected chi connectivity index (χ0v) is 14.7. The normalized spacial score (nSPS) is 11.0. The third-order valence-electron chi connectivity index (χ3n) is 3.49. The minimum Gasteiger partial charge on any atom is -0.456 e. The molecule has 2 aromatic heterocycles. The van der Waals surface area contributed by atoms with E-state index in [1.165, 1.54) is 13.0 Å². The molecule has 3 rings (SSSR count). The average Bonchev–Trinajstić information content (AvgIpc) is 3.23. The van der Waals surface area contributed by atoms with Gasteiger partial charge in [0.15, 0.2) is 17.4 Å². The summed E-state index contributed by atoms with van der Waals surface area (Å²) in [5, 5.41) is 7.54. The molecule has 1 aromatic carbocycles. The first-order chi connectivity index (χ1) is 12.5. The van der Waals surface area contributed by atoms with Crippen LogP contribution in [0.1, 0.15) is 28.8 Å². The van der Waals surface area contributed by atoms with E-state index in [0.29, 0.717) is 28.9 Å². The lowest BCUT2D eigenvalue weighted by atomic mass is 10.2. The van der Waals surface area contributed by atoms with Gasteiger partial charge in [-0.1, -0.05) is 23.7 Å². The van der Waals surface area contributed by atoms with Crippen molar-refractivity contribution in [3.63, 3.8) is 0 Å². The zero-order chi connectivity index (χ0) is 18.5. The maximum atomic E-state index is 12.0. The second-order valence-electron chi connectivity index (χ2n) is 5.60. The van der Waals surface area contributed by atoms with E-state index >= 15 is 0 Å². The van der Waals surface area contributed by atoms with Gasteiger partial charge in [-0.15, -0.1) is 0 Å². The number of nitrogens with zero attached hydrogens (tertiary/aromatic N) is 2. The van der Waals surface area contributed by atoms with Gasteiger partial charge < -0.3 is 9.73 Å². The molecule has 0 atom stereocenters. The third-order valence-corrected chi connectivity index (χ3v) is 3.73. The van der Waals surface area contributed by atoms with Crippen molar-refractivity contribution in [3.8, 4) is 0 Å². The molecule has 7 heteroatoms. The molecule has 1 N–H and O–H groups in total. The fourth-order valence-corrected chi connectivity index (χ4v) is 2.48. The summed E-state index contributed by atoms with van der Waals surface area (Å²) >= 11 is 5.90. The van der Waals surface area contributed by atoms with E-state index in [1.54, 1.807) is 47.3 Å². The molecule has 6 nitrogen and oxygen atoms in total. The van der Waals surface area contributed by atoms with Crippen LogP contribution < -0.4 is 5.32 Å². The number of rotatable bonds is 6. The van der Waals surface area contributed by atoms with Crippen molar-refractivity contribution in [2.75, 3.05) is 5.32 Å². The number of ketones is 1. The van der Waals surface area contributed by atoms with Crippen molar-refractivity contribution >= 4 is 35.2 Å². The Morgan fingerprint density at radius 1 is 1.27 bits per heavy atom. The smallest absolute Gasteiger partial charge is 0.249 e. The van der Waals surface area contributed by atoms with Crippen molar-refractivity contribution in [3.05, 3.63) is 76.8 Å². The molecule has 2 heterocycles. The number of Topliss-reactive ketones (excluding diaryl/α,β-unsaturated/α-hetero) is 1. The van der Waals surface area contributed by atoms with Crippen molar-refractivity contribution in [1.29, 1.82) is 0 Å². The highest BCUT2D eigenvalue weighted by atomic mass is 35.5. The summed E-state index contributed by atoms with van der Waals surface area (Å²) in [4.78, 5) is 23.2. The minimum absolute atomic E-state index is 0.129. The summed E-state index contributed by atoms with van der Waals surface area (Å²) in [6.45, 7) is 1.81. The van der Waals surface area contributed by atoms with Crippen LogP contribution in [0.25, 0.3) is 6.08 Å². The van der Waals surface area contributed by atoms with Crippen LogP contribution in [0.2, 0.25) is 5.02 Å². The lowest BCUT2D eigenvalue weighted by molar-refractivity contribution is -0.111. The van der Waals surface area contributed by atoms with Crippen molar-refractivity contribution in [2.45, 2.75) is 13.5 Å². The molecule has 26 heavy (non-hydrogen) atoms. The molecule has 0 bridgehead atoms. The van der Waals surface area contributed by atoms with Crippen LogP contribution in [0.3, 0.4) is 0 Å². The van der Waals surface area contributed by atoms with Gasteiger partial charge in [0.1, 0.15) is 5.76 Å². The molecule has 1 amide bonds. The van der Waals surface area contributed by atoms with Crippen LogP contribution in [0, 0.1) is 0 Å². The molecular weight excluding hydrogens is 354 g/mol.